The first kappa shape index (κ1) is 15.6. The summed E-state index contributed by atoms with van der Waals surface area (Å²) in [6, 6.07) is 7.63. The first-order chi connectivity index (χ1) is 9.91. The molecule has 114 valence electrons. The third-order valence-corrected chi connectivity index (χ3v) is 3.56. The molecule has 0 aromatic heterocycles. The summed E-state index contributed by atoms with van der Waals surface area (Å²) in [5.74, 6) is -2.31. The fraction of sp³-hybridized carbons (Fsp3) is 0.500. The minimum absolute atomic E-state index is 0.328. The van der Waals surface area contributed by atoms with Crippen molar-refractivity contribution in [1.29, 1.82) is 5.26 Å². The van der Waals surface area contributed by atoms with E-state index in [2.05, 4.69) is 0 Å². The smallest absolute Gasteiger partial charge is 0.367 e. The van der Waals surface area contributed by atoms with Crippen LogP contribution >= 0.6 is 0 Å². The summed E-state index contributed by atoms with van der Waals surface area (Å²) in [6.45, 7) is 1.31. The third kappa shape index (κ3) is 3.85. The molecule has 1 aliphatic heterocycles. The van der Waals surface area contributed by atoms with Crippen molar-refractivity contribution < 1.29 is 17.6 Å². The zero-order valence-corrected chi connectivity index (χ0v) is 11.3. The number of hydrogen-bond donors (Lipinski definition) is 0. The molecule has 1 aliphatic rings. The minimum atomic E-state index is -4.50. The number of para-hydroxylation sites is 1. The molecule has 0 saturated carbocycles. The molecule has 0 aliphatic carbocycles. The van der Waals surface area contributed by atoms with Gasteiger partial charge in [0, 0.05) is 32.7 Å². The highest BCUT2D eigenvalue weighted by atomic mass is 19.4. The van der Waals surface area contributed by atoms with Crippen LogP contribution < -0.4 is 4.90 Å². The number of alkyl halides is 3. The summed E-state index contributed by atoms with van der Waals surface area (Å²) in [6.07, 6.45) is -4.50. The highest BCUT2D eigenvalue weighted by molar-refractivity contribution is 5.47. The van der Waals surface area contributed by atoms with Gasteiger partial charge in [0.15, 0.2) is 5.92 Å². The van der Waals surface area contributed by atoms with Crippen LogP contribution in [0.3, 0.4) is 0 Å². The summed E-state index contributed by atoms with van der Waals surface area (Å²) >= 11 is 0. The van der Waals surface area contributed by atoms with E-state index in [9.17, 15) is 17.6 Å². The van der Waals surface area contributed by atoms with Gasteiger partial charge in [0.05, 0.1) is 11.8 Å². The highest BCUT2D eigenvalue weighted by Gasteiger charge is 2.41. The summed E-state index contributed by atoms with van der Waals surface area (Å²) in [5.41, 5.74) is 0.463. The van der Waals surface area contributed by atoms with E-state index in [0.29, 0.717) is 31.9 Å². The molecule has 1 aromatic rings. The molecule has 1 atom stereocenters. The maximum atomic E-state index is 13.6. The van der Waals surface area contributed by atoms with Crippen molar-refractivity contribution in [2.24, 2.45) is 5.92 Å². The Morgan fingerprint density at radius 1 is 1.14 bits per heavy atom. The van der Waals surface area contributed by atoms with Crippen LogP contribution in [0.15, 0.2) is 24.3 Å². The molecule has 3 nitrogen and oxygen atoms in total. The van der Waals surface area contributed by atoms with Crippen molar-refractivity contribution >= 4 is 5.69 Å². The number of nitriles is 1. The van der Waals surface area contributed by atoms with Crippen molar-refractivity contribution in [3.63, 3.8) is 0 Å². The maximum absolute atomic E-state index is 13.6. The molecule has 0 N–H and O–H groups in total. The van der Waals surface area contributed by atoms with Gasteiger partial charge in [0.25, 0.3) is 0 Å². The van der Waals surface area contributed by atoms with Crippen LogP contribution in [0.1, 0.15) is 0 Å². The van der Waals surface area contributed by atoms with Crippen LogP contribution in [0, 0.1) is 23.1 Å². The Balaban J connectivity index is 1.92. The predicted molar refractivity (Wildman–Crippen MR) is 70.2 cm³/mol. The quantitative estimate of drug-likeness (QED) is 0.804. The zero-order valence-electron chi connectivity index (χ0n) is 11.3. The van der Waals surface area contributed by atoms with Crippen molar-refractivity contribution in [3.05, 3.63) is 30.1 Å². The molecule has 1 aromatic carbocycles. The van der Waals surface area contributed by atoms with E-state index in [-0.39, 0.29) is 12.4 Å². The maximum Gasteiger partial charge on any atom is 0.405 e. The van der Waals surface area contributed by atoms with E-state index in [1.807, 2.05) is 0 Å². The van der Waals surface area contributed by atoms with Gasteiger partial charge in [-0.3, -0.25) is 4.90 Å². The van der Waals surface area contributed by atoms with Gasteiger partial charge in [-0.2, -0.15) is 18.4 Å². The first-order valence-electron chi connectivity index (χ1n) is 6.60. The standard InChI is InChI=1S/C14H15F4N3/c15-12-3-1-2-4-13(12)21-7-5-20(6-8-21)10-11(9-19)14(16,17)18/h1-4,11H,5-8,10H2. The third-order valence-electron chi connectivity index (χ3n) is 3.56. The molecule has 1 unspecified atom stereocenters. The number of rotatable bonds is 3. The molecular weight excluding hydrogens is 286 g/mol. The lowest BCUT2D eigenvalue weighted by Crippen LogP contribution is -2.49. The number of hydrogen-bond acceptors (Lipinski definition) is 3. The molecule has 21 heavy (non-hydrogen) atoms. The van der Waals surface area contributed by atoms with Crippen molar-refractivity contribution in [3.8, 4) is 6.07 Å². The van der Waals surface area contributed by atoms with Gasteiger partial charge in [-0.05, 0) is 12.1 Å². The normalized spacial score (nSPS) is 18.3. The Kier molecular flexibility index (Phi) is 4.68. The first-order valence-corrected chi connectivity index (χ1v) is 6.60. The summed E-state index contributed by atoms with van der Waals surface area (Å²) in [7, 11) is 0. The SMILES string of the molecule is N#CC(CN1CCN(c2ccccc2F)CC1)C(F)(F)F. The van der Waals surface area contributed by atoms with Gasteiger partial charge in [-0.15, -0.1) is 0 Å². The Hall–Kier alpha value is -1.81. The van der Waals surface area contributed by atoms with E-state index in [1.165, 1.54) is 12.1 Å². The Morgan fingerprint density at radius 2 is 1.76 bits per heavy atom. The van der Waals surface area contributed by atoms with Crippen LogP contribution in [0.25, 0.3) is 0 Å². The van der Waals surface area contributed by atoms with Gasteiger partial charge in [-0.25, -0.2) is 4.39 Å². The number of piperazine rings is 1. The highest BCUT2D eigenvalue weighted by Crippen LogP contribution is 2.27. The largest absolute Gasteiger partial charge is 0.405 e. The molecule has 1 heterocycles. The molecule has 2 rings (SSSR count). The van der Waals surface area contributed by atoms with Gasteiger partial charge in [0.1, 0.15) is 5.82 Å². The van der Waals surface area contributed by atoms with Gasteiger partial charge < -0.3 is 4.90 Å². The molecule has 0 bridgehead atoms. The average Bonchev–Trinajstić information content (AvgIpc) is 2.45. The van der Waals surface area contributed by atoms with Crippen molar-refractivity contribution in [2.45, 2.75) is 6.18 Å². The van der Waals surface area contributed by atoms with Crippen LogP contribution in [0.5, 0.6) is 0 Å². The van der Waals surface area contributed by atoms with Gasteiger partial charge in [0.2, 0.25) is 0 Å². The minimum Gasteiger partial charge on any atom is -0.367 e. The van der Waals surface area contributed by atoms with Crippen LogP contribution in [-0.2, 0) is 0 Å². The monoisotopic (exact) mass is 301 g/mol. The van der Waals surface area contributed by atoms with E-state index in [4.69, 9.17) is 5.26 Å². The van der Waals surface area contributed by atoms with Gasteiger partial charge in [-0.1, -0.05) is 12.1 Å². The van der Waals surface area contributed by atoms with Crippen LogP contribution in [0.4, 0.5) is 23.2 Å². The molecule has 1 fully saturated rings. The molecule has 0 spiro atoms. The lowest BCUT2D eigenvalue weighted by molar-refractivity contribution is -0.163. The zero-order chi connectivity index (χ0) is 15.5. The second-order valence-electron chi connectivity index (χ2n) is 4.96. The number of halogens is 4. The van der Waals surface area contributed by atoms with Gasteiger partial charge >= 0.3 is 6.18 Å². The van der Waals surface area contributed by atoms with Crippen molar-refractivity contribution in [1.82, 2.24) is 4.90 Å². The van der Waals surface area contributed by atoms with E-state index < -0.39 is 12.1 Å². The number of anilines is 1. The topological polar surface area (TPSA) is 30.3 Å². The predicted octanol–water partition coefficient (Wildman–Crippen LogP) is 2.65. The second kappa shape index (κ2) is 6.31. The average molecular weight is 301 g/mol. The Morgan fingerprint density at radius 3 is 2.29 bits per heavy atom. The number of benzene rings is 1. The fourth-order valence-corrected chi connectivity index (χ4v) is 2.36. The van der Waals surface area contributed by atoms with Crippen LogP contribution in [-0.4, -0.2) is 43.8 Å². The molecule has 0 amide bonds. The Labute approximate surface area is 120 Å². The lowest BCUT2D eigenvalue weighted by atomic mass is 10.1. The van der Waals surface area contributed by atoms with Crippen LogP contribution in [0.2, 0.25) is 0 Å². The summed E-state index contributed by atoms with van der Waals surface area (Å²) in [5, 5.41) is 8.60. The molecule has 1 saturated heterocycles. The lowest BCUT2D eigenvalue weighted by Gasteiger charge is -2.37. The fourth-order valence-electron chi connectivity index (χ4n) is 2.36. The number of nitrogens with zero attached hydrogens (tertiary/aromatic N) is 3. The van der Waals surface area contributed by atoms with Crippen molar-refractivity contribution in [2.75, 3.05) is 37.6 Å². The second-order valence-corrected chi connectivity index (χ2v) is 4.96. The molecule has 7 heteroatoms. The molecule has 0 radical (unpaired) electrons. The summed E-state index contributed by atoms with van der Waals surface area (Å²) < 4.78 is 51.3. The van der Waals surface area contributed by atoms with E-state index in [0.717, 1.165) is 0 Å². The molecular formula is C14H15F4N3. The Bertz CT molecular complexity index is 516. The van der Waals surface area contributed by atoms with E-state index >= 15 is 0 Å². The van der Waals surface area contributed by atoms with E-state index in [1.54, 1.807) is 28.0 Å². The summed E-state index contributed by atoms with van der Waals surface area (Å²) in [4.78, 5) is 3.40.